The van der Waals surface area contributed by atoms with Crippen LogP contribution in [0, 0.1) is 0 Å². The van der Waals surface area contributed by atoms with Gasteiger partial charge < -0.3 is 16.4 Å². The Bertz CT molecular complexity index is 824. The number of nitrogens with one attached hydrogen (secondary N) is 2. The van der Waals surface area contributed by atoms with Crippen molar-refractivity contribution < 1.29 is 14.4 Å². The van der Waals surface area contributed by atoms with Crippen molar-refractivity contribution in [2.45, 2.75) is 38.6 Å². The number of hydrogen-bond donors (Lipinski definition) is 3. The van der Waals surface area contributed by atoms with E-state index in [0.717, 1.165) is 5.56 Å². The molecule has 0 radical (unpaired) electrons. The highest BCUT2D eigenvalue weighted by molar-refractivity contribution is 5.94. The van der Waals surface area contributed by atoms with Crippen LogP contribution in [0.1, 0.15) is 54.7 Å². The van der Waals surface area contributed by atoms with Gasteiger partial charge in [0.1, 0.15) is 6.04 Å². The molecular weight excluding hydrogens is 354 g/mol. The molecule has 0 heterocycles. The zero-order valence-electron chi connectivity index (χ0n) is 16.5. The standard InChI is InChI=1S/C22H27N3O3/c1-22(2,3)17-11-9-16(10-12-17)21(28)24-14-13-18(26)25-19(20(23)27)15-7-5-4-6-8-15/h4-12,19H,13-14H2,1-3H3,(H2,23,27)(H,24,28)(H,25,26). The molecule has 0 aliphatic heterocycles. The molecule has 0 aliphatic rings. The Balaban J connectivity index is 1.86. The second-order valence-electron chi connectivity index (χ2n) is 7.65. The van der Waals surface area contributed by atoms with E-state index in [1.54, 1.807) is 36.4 Å². The number of benzene rings is 2. The molecule has 0 bridgehead atoms. The lowest BCUT2D eigenvalue weighted by atomic mass is 9.87. The Hall–Kier alpha value is -3.15. The van der Waals surface area contributed by atoms with E-state index in [0.29, 0.717) is 11.1 Å². The molecule has 6 nitrogen and oxygen atoms in total. The molecule has 2 aromatic carbocycles. The summed E-state index contributed by atoms with van der Waals surface area (Å²) in [5.74, 6) is -1.25. The van der Waals surface area contributed by atoms with Crippen molar-refractivity contribution in [3.63, 3.8) is 0 Å². The van der Waals surface area contributed by atoms with E-state index in [2.05, 4.69) is 31.4 Å². The molecule has 28 heavy (non-hydrogen) atoms. The van der Waals surface area contributed by atoms with E-state index in [-0.39, 0.29) is 30.2 Å². The van der Waals surface area contributed by atoms with Gasteiger partial charge in [-0.1, -0.05) is 63.2 Å². The minimum atomic E-state index is -0.894. The fraction of sp³-hybridized carbons (Fsp3) is 0.318. The van der Waals surface area contributed by atoms with E-state index >= 15 is 0 Å². The molecule has 0 spiro atoms. The van der Waals surface area contributed by atoms with E-state index in [1.807, 2.05) is 18.2 Å². The van der Waals surface area contributed by atoms with Gasteiger partial charge in [0.05, 0.1) is 0 Å². The summed E-state index contributed by atoms with van der Waals surface area (Å²) in [6.07, 6.45) is 0.0441. The lowest BCUT2D eigenvalue weighted by Crippen LogP contribution is -2.39. The van der Waals surface area contributed by atoms with Gasteiger partial charge in [0.15, 0.2) is 0 Å². The number of rotatable bonds is 7. The van der Waals surface area contributed by atoms with Crippen LogP contribution >= 0.6 is 0 Å². The molecule has 6 heteroatoms. The summed E-state index contributed by atoms with van der Waals surface area (Å²) < 4.78 is 0. The molecule has 0 aliphatic carbocycles. The second-order valence-corrected chi connectivity index (χ2v) is 7.65. The highest BCUT2D eigenvalue weighted by Gasteiger charge is 2.20. The highest BCUT2D eigenvalue weighted by atomic mass is 16.2. The monoisotopic (exact) mass is 381 g/mol. The molecule has 2 aromatic rings. The zero-order valence-corrected chi connectivity index (χ0v) is 16.5. The Kier molecular flexibility index (Phi) is 6.93. The summed E-state index contributed by atoms with van der Waals surface area (Å²) in [6, 6.07) is 15.3. The molecule has 1 atom stereocenters. The van der Waals surface area contributed by atoms with Crippen molar-refractivity contribution in [1.29, 1.82) is 0 Å². The first-order valence-electron chi connectivity index (χ1n) is 9.21. The van der Waals surface area contributed by atoms with Crippen molar-refractivity contribution in [2.75, 3.05) is 6.54 Å². The van der Waals surface area contributed by atoms with Crippen molar-refractivity contribution in [3.05, 3.63) is 71.3 Å². The SMILES string of the molecule is CC(C)(C)c1ccc(C(=O)NCCC(=O)NC(C(N)=O)c2ccccc2)cc1. The topological polar surface area (TPSA) is 101 Å². The molecule has 4 N–H and O–H groups in total. The van der Waals surface area contributed by atoms with Gasteiger partial charge >= 0.3 is 0 Å². The minimum Gasteiger partial charge on any atom is -0.368 e. The van der Waals surface area contributed by atoms with Crippen molar-refractivity contribution >= 4 is 17.7 Å². The molecule has 0 fully saturated rings. The quantitative estimate of drug-likeness (QED) is 0.686. The van der Waals surface area contributed by atoms with Gasteiger partial charge in [-0.3, -0.25) is 14.4 Å². The van der Waals surface area contributed by atoms with Crippen LogP contribution in [0.15, 0.2) is 54.6 Å². The molecule has 2 rings (SSSR count). The van der Waals surface area contributed by atoms with Crippen molar-refractivity contribution in [2.24, 2.45) is 5.73 Å². The maximum Gasteiger partial charge on any atom is 0.251 e. The van der Waals surface area contributed by atoms with Gasteiger partial charge in [-0.05, 0) is 28.7 Å². The number of nitrogens with two attached hydrogens (primary N) is 1. The van der Waals surface area contributed by atoms with Crippen molar-refractivity contribution in [1.82, 2.24) is 10.6 Å². The largest absolute Gasteiger partial charge is 0.368 e. The maximum atomic E-state index is 12.2. The zero-order chi connectivity index (χ0) is 20.7. The summed E-state index contributed by atoms with van der Waals surface area (Å²) in [5.41, 5.74) is 7.70. The molecule has 3 amide bonds. The molecule has 148 valence electrons. The number of carbonyl (C=O) groups excluding carboxylic acids is 3. The average molecular weight is 381 g/mol. The fourth-order valence-corrected chi connectivity index (χ4v) is 2.71. The van der Waals surface area contributed by atoms with Crippen LogP contribution in [0.3, 0.4) is 0 Å². The summed E-state index contributed by atoms with van der Waals surface area (Å²) in [5, 5.41) is 5.32. The van der Waals surface area contributed by atoms with Crippen LogP contribution in [-0.2, 0) is 15.0 Å². The predicted octanol–water partition coefficient (Wildman–Crippen LogP) is 2.45. The van der Waals surface area contributed by atoms with Gasteiger partial charge in [-0.15, -0.1) is 0 Å². The van der Waals surface area contributed by atoms with Gasteiger partial charge in [0.25, 0.3) is 5.91 Å². The van der Waals surface area contributed by atoms with Crippen LogP contribution in [0.25, 0.3) is 0 Å². The van der Waals surface area contributed by atoms with E-state index in [4.69, 9.17) is 5.73 Å². The summed E-state index contributed by atoms with van der Waals surface area (Å²) in [4.78, 5) is 36.0. The van der Waals surface area contributed by atoms with Crippen LogP contribution in [0.2, 0.25) is 0 Å². The van der Waals surface area contributed by atoms with Crippen LogP contribution in [0.5, 0.6) is 0 Å². The summed E-state index contributed by atoms with van der Waals surface area (Å²) in [6.45, 7) is 6.48. The fourth-order valence-electron chi connectivity index (χ4n) is 2.71. The second kappa shape index (κ2) is 9.17. The number of amides is 3. The first-order valence-corrected chi connectivity index (χ1v) is 9.21. The van der Waals surface area contributed by atoms with Crippen LogP contribution in [-0.4, -0.2) is 24.3 Å². The summed E-state index contributed by atoms with van der Waals surface area (Å²) >= 11 is 0. The lowest BCUT2D eigenvalue weighted by molar-refractivity contribution is -0.127. The third-order valence-electron chi connectivity index (χ3n) is 4.37. The molecular formula is C22H27N3O3. The van der Waals surface area contributed by atoms with E-state index < -0.39 is 11.9 Å². The molecule has 0 saturated carbocycles. The van der Waals surface area contributed by atoms with E-state index in [9.17, 15) is 14.4 Å². The van der Waals surface area contributed by atoms with Crippen LogP contribution < -0.4 is 16.4 Å². The van der Waals surface area contributed by atoms with Crippen LogP contribution in [0.4, 0.5) is 0 Å². The first kappa shape index (κ1) is 21.2. The highest BCUT2D eigenvalue weighted by Crippen LogP contribution is 2.22. The third-order valence-corrected chi connectivity index (χ3v) is 4.37. The normalized spacial score (nSPS) is 12.1. The Morgan fingerprint density at radius 2 is 1.57 bits per heavy atom. The lowest BCUT2D eigenvalue weighted by Gasteiger charge is -2.19. The minimum absolute atomic E-state index is 0.0167. The van der Waals surface area contributed by atoms with Gasteiger partial charge in [-0.2, -0.15) is 0 Å². The Morgan fingerprint density at radius 1 is 0.964 bits per heavy atom. The maximum absolute atomic E-state index is 12.2. The van der Waals surface area contributed by atoms with Crippen molar-refractivity contribution in [3.8, 4) is 0 Å². The molecule has 0 aromatic heterocycles. The predicted molar refractivity (Wildman–Crippen MR) is 109 cm³/mol. The van der Waals surface area contributed by atoms with Gasteiger partial charge in [0, 0.05) is 18.5 Å². The Morgan fingerprint density at radius 3 is 2.11 bits per heavy atom. The number of primary amides is 1. The van der Waals surface area contributed by atoms with Gasteiger partial charge in [-0.25, -0.2) is 0 Å². The Labute approximate surface area is 165 Å². The molecule has 1 unspecified atom stereocenters. The van der Waals surface area contributed by atoms with Gasteiger partial charge in [0.2, 0.25) is 11.8 Å². The number of hydrogen-bond acceptors (Lipinski definition) is 3. The smallest absolute Gasteiger partial charge is 0.251 e. The molecule has 0 saturated heterocycles. The number of carbonyl (C=O) groups is 3. The average Bonchev–Trinajstić information content (AvgIpc) is 2.66. The van der Waals surface area contributed by atoms with E-state index in [1.165, 1.54) is 0 Å². The summed E-state index contributed by atoms with van der Waals surface area (Å²) in [7, 11) is 0. The third kappa shape index (κ3) is 5.94. The first-order chi connectivity index (χ1) is 13.2.